The van der Waals surface area contributed by atoms with Gasteiger partial charge >= 0.3 is 0 Å². The normalized spacial score (nSPS) is 10.3. The highest BCUT2D eigenvalue weighted by Gasteiger charge is 2.24. The summed E-state index contributed by atoms with van der Waals surface area (Å²) in [5.41, 5.74) is 0.600. The van der Waals surface area contributed by atoms with E-state index in [1.807, 2.05) is 0 Å². The predicted molar refractivity (Wildman–Crippen MR) is 82.0 cm³/mol. The van der Waals surface area contributed by atoms with Crippen molar-refractivity contribution >= 4 is 5.78 Å². The number of rotatable bonds is 6. The molecule has 0 bridgehead atoms. The lowest BCUT2D eigenvalue weighted by atomic mass is 10.0. The molecule has 0 saturated carbocycles. The molecule has 0 aliphatic heterocycles. The number of carbonyl (C=O) groups is 1. The first kappa shape index (κ1) is 15.7. The second kappa shape index (κ2) is 6.85. The fourth-order valence-electron chi connectivity index (χ4n) is 2.10. The van der Waals surface area contributed by atoms with Gasteiger partial charge in [0.15, 0.2) is 17.3 Å². The number of phenols is 2. The molecule has 0 unspecified atom stereocenters. The minimum atomic E-state index is -0.435. The van der Waals surface area contributed by atoms with Crippen molar-refractivity contribution in [2.24, 2.45) is 0 Å². The lowest BCUT2D eigenvalue weighted by molar-refractivity contribution is 0.103. The molecule has 5 nitrogen and oxygen atoms in total. The van der Waals surface area contributed by atoms with Crippen molar-refractivity contribution < 1.29 is 24.5 Å². The number of phenolic OH excluding ortho intramolecular Hbond substituents is 2. The van der Waals surface area contributed by atoms with Gasteiger partial charge in [0.25, 0.3) is 0 Å². The van der Waals surface area contributed by atoms with E-state index in [0.717, 1.165) is 0 Å². The third-order valence-electron chi connectivity index (χ3n) is 3.05. The van der Waals surface area contributed by atoms with Gasteiger partial charge in [-0.15, -0.1) is 0 Å². The Balaban J connectivity index is 2.61. The van der Waals surface area contributed by atoms with E-state index >= 15 is 0 Å². The Hall–Kier alpha value is -2.69. The molecule has 0 atom stereocenters. The van der Waals surface area contributed by atoms with Crippen LogP contribution in [0.5, 0.6) is 23.0 Å². The summed E-state index contributed by atoms with van der Waals surface area (Å²) in [5, 5.41) is 19.8. The Morgan fingerprint density at radius 2 is 1.59 bits per heavy atom. The van der Waals surface area contributed by atoms with Gasteiger partial charge in [0.05, 0.1) is 18.8 Å². The molecule has 2 aromatic carbocycles. The molecule has 2 N–H and O–H groups in total. The molecule has 2 aromatic rings. The number of hydrogen-bond acceptors (Lipinski definition) is 5. The standard InChI is InChI=1S/C17H18O5/c1-3-21-16-12(14(19)11-8-6-5-7-9-11)10-13(18)15(20)17(16)22-4-2/h5-10,18,20H,3-4H2,1-2H3. The highest BCUT2D eigenvalue weighted by molar-refractivity contribution is 6.11. The van der Waals surface area contributed by atoms with Crippen LogP contribution in [-0.4, -0.2) is 29.2 Å². The van der Waals surface area contributed by atoms with E-state index in [9.17, 15) is 15.0 Å². The van der Waals surface area contributed by atoms with E-state index in [4.69, 9.17) is 9.47 Å². The van der Waals surface area contributed by atoms with Crippen molar-refractivity contribution in [3.63, 3.8) is 0 Å². The van der Waals surface area contributed by atoms with Crippen LogP contribution in [0.25, 0.3) is 0 Å². The number of ketones is 1. The smallest absolute Gasteiger partial charge is 0.208 e. The number of benzene rings is 2. The van der Waals surface area contributed by atoms with Crippen LogP contribution in [-0.2, 0) is 0 Å². The van der Waals surface area contributed by atoms with E-state index in [2.05, 4.69) is 0 Å². The van der Waals surface area contributed by atoms with Crippen molar-refractivity contribution in [3.8, 4) is 23.0 Å². The number of aromatic hydroxyl groups is 2. The average molecular weight is 302 g/mol. The van der Waals surface area contributed by atoms with E-state index in [-0.39, 0.29) is 29.5 Å². The zero-order chi connectivity index (χ0) is 16.1. The van der Waals surface area contributed by atoms with Crippen LogP contribution in [0, 0.1) is 0 Å². The Labute approximate surface area is 128 Å². The topological polar surface area (TPSA) is 76.0 Å². The summed E-state index contributed by atoms with van der Waals surface area (Å²) in [6, 6.07) is 9.83. The highest BCUT2D eigenvalue weighted by atomic mass is 16.5. The van der Waals surface area contributed by atoms with Gasteiger partial charge in [-0.1, -0.05) is 30.3 Å². The zero-order valence-corrected chi connectivity index (χ0v) is 12.5. The van der Waals surface area contributed by atoms with Crippen molar-refractivity contribution in [1.82, 2.24) is 0 Å². The molecular formula is C17H18O5. The van der Waals surface area contributed by atoms with Crippen LogP contribution >= 0.6 is 0 Å². The first-order valence-electron chi connectivity index (χ1n) is 7.04. The van der Waals surface area contributed by atoms with Crippen molar-refractivity contribution in [2.75, 3.05) is 13.2 Å². The van der Waals surface area contributed by atoms with Crippen molar-refractivity contribution in [3.05, 3.63) is 47.5 Å². The fourth-order valence-corrected chi connectivity index (χ4v) is 2.10. The molecule has 0 aliphatic rings. The van der Waals surface area contributed by atoms with Gasteiger partial charge in [-0.05, 0) is 19.9 Å². The summed E-state index contributed by atoms with van der Waals surface area (Å²) < 4.78 is 10.8. The molecule has 0 radical (unpaired) electrons. The Morgan fingerprint density at radius 3 is 2.18 bits per heavy atom. The molecule has 5 heteroatoms. The summed E-state index contributed by atoms with van der Waals surface area (Å²) >= 11 is 0. The van der Waals surface area contributed by atoms with Gasteiger partial charge in [0, 0.05) is 5.56 Å². The maximum absolute atomic E-state index is 12.6. The maximum Gasteiger partial charge on any atom is 0.208 e. The lowest BCUT2D eigenvalue weighted by Gasteiger charge is -2.16. The van der Waals surface area contributed by atoms with Crippen molar-refractivity contribution in [1.29, 1.82) is 0 Å². The summed E-state index contributed by atoms with van der Waals surface area (Å²) in [6.45, 7) is 4.05. The summed E-state index contributed by atoms with van der Waals surface area (Å²) in [5.74, 6) is -1.07. The molecule has 22 heavy (non-hydrogen) atoms. The largest absolute Gasteiger partial charge is 0.504 e. The molecule has 2 rings (SSSR count). The Morgan fingerprint density at radius 1 is 1.00 bits per heavy atom. The quantitative estimate of drug-likeness (QED) is 0.633. The molecule has 0 heterocycles. The van der Waals surface area contributed by atoms with Gasteiger partial charge in [-0.2, -0.15) is 0 Å². The molecule has 0 amide bonds. The van der Waals surface area contributed by atoms with Crippen LogP contribution in [0.1, 0.15) is 29.8 Å². The maximum atomic E-state index is 12.6. The van der Waals surface area contributed by atoms with E-state index in [1.54, 1.807) is 44.2 Å². The third-order valence-corrected chi connectivity index (χ3v) is 3.05. The molecule has 0 fully saturated rings. The SMILES string of the molecule is CCOc1c(C(=O)c2ccccc2)cc(O)c(O)c1OCC. The second-order valence-electron chi connectivity index (χ2n) is 4.51. The minimum absolute atomic E-state index is 0.0244. The van der Waals surface area contributed by atoms with Crippen LogP contribution in [0.3, 0.4) is 0 Å². The van der Waals surface area contributed by atoms with Gasteiger partial charge in [0.2, 0.25) is 11.5 Å². The molecule has 0 aromatic heterocycles. The summed E-state index contributed by atoms with van der Waals surface area (Å²) in [6.07, 6.45) is 0. The second-order valence-corrected chi connectivity index (χ2v) is 4.51. The van der Waals surface area contributed by atoms with Gasteiger partial charge in [-0.3, -0.25) is 4.79 Å². The molecule has 116 valence electrons. The summed E-state index contributed by atoms with van der Waals surface area (Å²) in [7, 11) is 0. The van der Waals surface area contributed by atoms with E-state index in [1.165, 1.54) is 6.07 Å². The van der Waals surface area contributed by atoms with Gasteiger partial charge < -0.3 is 19.7 Å². The molecular weight excluding hydrogens is 284 g/mol. The third kappa shape index (κ3) is 2.98. The number of hydrogen-bond donors (Lipinski definition) is 2. The van der Waals surface area contributed by atoms with E-state index < -0.39 is 11.5 Å². The van der Waals surface area contributed by atoms with E-state index in [0.29, 0.717) is 12.2 Å². The number of carbonyl (C=O) groups excluding carboxylic acids is 1. The fraction of sp³-hybridized carbons (Fsp3) is 0.235. The predicted octanol–water partition coefficient (Wildman–Crippen LogP) is 3.13. The Kier molecular flexibility index (Phi) is 4.88. The van der Waals surface area contributed by atoms with Crippen molar-refractivity contribution in [2.45, 2.75) is 13.8 Å². The molecule has 0 aliphatic carbocycles. The summed E-state index contributed by atoms with van der Waals surface area (Å²) in [4.78, 5) is 12.6. The highest BCUT2D eigenvalue weighted by Crippen LogP contribution is 2.46. The molecule has 0 spiro atoms. The first-order chi connectivity index (χ1) is 10.6. The molecule has 0 saturated heterocycles. The first-order valence-corrected chi connectivity index (χ1v) is 7.04. The van der Waals surface area contributed by atoms with Crippen LogP contribution in [0.4, 0.5) is 0 Å². The lowest BCUT2D eigenvalue weighted by Crippen LogP contribution is -2.08. The average Bonchev–Trinajstić information content (AvgIpc) is 2.54. The Bertz CT molecular complexity index is 664. The zero-order valence-electron chi connectivity index (χ0n) is 12.5. The van der Waals surface area contributed by atoms with Crippen LogP contribution < -0.4 is 9.47 Å². The minimum Gasteiger partial charge on any atom is -0.504 e. The monoisotopic (exact) mass is 302 g/mol. The number of ether oxygens (including phenoxy) is 2. The van der Waals surface area contributed by atoms with Crippen LogP contribution in [0.2, 0.25) is 0 Å². The van der Waals surface area contributed by atoms with Crippen LogP contribution in [0.15, 0.2) is 36.4 Å². The van der Waals surface area contributed by atoms with Gasteiger partial charge in [-0.25, -0.2) is 0 Å². The van der Waals surface area contributed by atoms with Gasteiger partial charge in [0.1, 0.15) is 0 Å².